The molecule has 1 unspecified atom stereocenters. The van der Waals surface area contributed by atoms with Crippen molar-refractivity contribution in [3.63, 3.8) is 0 Å². The van der Waals surface area contributed by atoms with Crippen molar-refractivity contribution in [1.82, 2.24) is 9.88 Å². The molecule has 0 radical (unpaired) electrons. The van der Waals surface area contributed by atoms with Crippen LogP contribution in [0.3, 0.4) is 0 Å². The van der Waals surface area contributed by atoms with Gasteiger partial charge in [-0.3, -0.25) is 14.9 Å². The highest BCUT2D eigenvalue weighted by molar-refractivity contribution is 5.94. The summed E-state index contributed by atoms with van der Waals surface area (Å²) in [6.07, 6.45) is 2.46. The number of hydrogen-bond acceptors (Lipinski definition) is 4. The van der Waals surface area contributed by atoms with Crippen LogP contribution >= 0.6 is 0 Å². The predicted molar refractivity (Wildman–Crippen MR) is 79.3 cm³/mol. The molecule has 0 aliphatic heterocycles. The quantitative estimate of drug-likeness (QED) is 0.596. The largest absolute Gasteiger partial charge is 0.396 e. The minimum atomic E-state index is -0.535. The Labute approximate surface area is 124 Å². The normalized spacial score (nSPS) is 14.0. The van der Waals surface area contributed by atoms with Gasteiger partial charge in [0.15, 0.2) is 0 Å². The van der Waals surface area contributed by atoms with Gasteiger partial charge in [-0.2, -0.15) is 0 Å². The number of amides is 1. The van der Waals surface area contributed by atoms with E-state index in [1.165, 1.54) is 12.3 Å². The average Bonchev–Trinajstić information content (AvgIpc) is 2.84. The average molecular weight is 297 g/mol. The van der Waals surface area contributed by atoms with Crippen molar-refractivity contribution >= 4 is 11.6 Å². The molecule has 0 bridgehead atoms. The number of aliphatic hydroxyl groups excluding tert-OH is 1. The van der Waals surface area contributed by atoms with E-state index in [-0.39, 0.29) is 29.9 Å². The van der Waals surface area contributed by atoms with Gasteiger partial charge in [0.1, 0.15) is 5.69 Å². The number of carbonyl (C=O) groups is 1. The Bertz CT molecular complexity index is 524. The fraction of sp³-hybridized carbons (Fsp3) is 0.643. The van der Waals surface area contributed by atoms with Crippen LogP contribution in [0.4, 0.5) is 5.69 Å². The summed E-state index contributed by atoms with van der Waals surface area (Å²) in [4.78, 5) is 22.8. The molecule has 21 heavy (non-hydrogen) atoms. The van der Waals surface area contributed by atoms with Crippen LogP contribution in [-0.4, -0.2) is 32.6 Å². The molecule has 2 N–H and O–H groups in total. The highest BCUT2D eigenvalue weighted by atomic mass is 16.6. The summed E-state index contributed by atoms with van der Waals surface area (Å²) < 4.78 is 1.59. The summed E-state index contributed by atoms with van der Waals surface area (Å²) in [5.41, 5.74) is -0.379. The zero-order valence-corrected chi connectivity index (χ0v) is 12.9. The van der Waals surface area contributed by atoms with Gasteiger partial charge in [-0.1, -0.05) is 6.92 Å². The maximum atomic E-state index is 12.4. The summed E-state index contributed by atoms with van der Waals surface area (Å²) in [5, 5.41) is 22.8. The molecule has 0 aliphatic rings. The van der Waals surface area contributed by atoms with Gasteiger partial charge in [-0.15, -0.1) is 0 Å². The van der Waals surface area contributed by atoms with E-state index in [9.17, 15) is 14.9 Å². The molecule has 0 fully saturated rings. The van der Waals surface area contributed by atoms with Crippen LogP contribution in [0.15, 0.2) is 12.3 Å². The fourth-order valence-electron chi connectivity index (χ4n) is 2.09. The monoisotopic (exact) mass is 297 g/mol. The van der Waals surface area contributed by atoms with E-state index in [1.54, 1.807) is 4.57 Å². The van der Waals surface area contributed by atoms with Crippen molar-refractivity contribution in [2.45, 2.75) is 52.1 Å². The number of nitrogens with zero attached hydrogens (tertiary/aromatic N) is 2. The second-order valence-corrected chi connectivity index (χ2v) is 5.68. The SMILES string of the molecule is CCC(C)(CCO)NC(=O)c1cc([N+](=O)[O-])cn1C(C)C. The van der Waals surface area contributed by atoms with E-state index in [0.29, 0.717) is 12.8 Å². The van der Waals surface area contributed by atoms with E-state index >= 15 is 0 Å². The molecule has 7 heteroatoms. The Morgan fingerprint density at radius 2 is 2.19 bits per heavy atom. The molecular formula is C14H23N3O4. The molecule has 1 amide bonds. The number of nitrogens with one attached hydrogen (secondary N) is 1. The maximum absolute atomic E-state index is 12.4. The van der Waals surface area contributed by atoms with Crippen molar-refractivity contribution < 1.29 is 14.8 Å². The third-order valence-corrected chi connectivity index (χ3v) is 3.69. The lowest BCUT2D eigenvalue weighted by Gasteiger charge is -2.29. The van der Waals surface area contributed by atoms with Crippen molar-refractivity contribution in [3.8, 4) is 0 Å². The minimum Gasteiger partial charge on any atom is -0.396 e. The van der Waals surface area contributed by atoms with Crippen LogP contribution in [-0.2, 0) is 0 Å². The Balaban J connectivity index is 3.09. The van der Waals surface area contributed by atoms with Crippen LogP contribution in [0.25, 0.3) is 0 Å². The van der Waals surface area contributed by atoms with Crippen molar-refractivity contribution in [1.29, 1.82) is 0 Å². The van der Waals surface area contributed by atoms with Crippen LogP contribution in [0.2, 0.25) is 0 Å². The first-order valence-corrected chi connectivity index (χ1v) is 7.03. The minimum absolute atomic E-state index is 0.0318. The Morgan fingerprint density at radius 1 is 1.57 bits per heavy atom. The van der Waals surface area contributed by atoms with Gasteiger partial charge in [0.2, 0.25) is 0 Å². The van der Waals surface area contributed by atoms with Crippen LogP contribution < -0.4 is 5.32 Å². The zero-order chi connectivity index (χ0) is 16.2. The van der Waals surface area contributed by atoms with Gasteiger partial charge in [0.25, 0.3) is 11.6 Å². The number of aromatic nitrogens is 1. The lowest BCUT2D eigenvalue weighted by atomic mass is 9.94. The standard InChI is InChI=1S/C14H23N3O4/c1-5-14(4,6-7-18)15-13(19)12-8-11(17(20)21)9-16(12)10(2)3/h8-10,18H,5-7H2,1-4H3,(H,15,19). The molecule has 0 saturated carbocycles. The maximum Gasteiger partial charge on any atom is 0.287 e. The number of aliphatic hydroxyl groups is 1. The third-order valence-electron chi connectivity index (χ3n) is 3.69. The van der Waals surface area contributed by atoms with Crippen molar-refractivity contribution in [2.75, 3.05) is 6.61 Å². The molecule has 1 aromatic heterocycles. The van der Waals surface area contributed by atoms with Gasteiger partial charge in [0, 0.05) is 24.3 Å². The van der Waals surface area contributed by atoms with E-state index < -0.39 is 10.5 Å². The first-order chi connectivity index (χ1) is 9.74. The first-order valence-electron chi connectivity index (χ1n) is 7.03. The predicted octanol–water partition coefficient (Wildman–Crippen LogP) is 2.26. The molecule has 0 saturated heterocycles. The molecule has 1 aromatic rings. The van der Waals surface area contributed by atoms with E-state index in [2.05, 4.69) is 5.32 Å². The number of nitro groups is 1. The highest BCUT2D eigenvalue weighted by Crippen LogP contribution is 2.22. The molecule has 1 rings (SSSR count). The molecule has 1 heterocycles. The van der Waals surface area contributed by atoms with Crippen molar-refractivity contribution in [3.05, 3.63) is 28.1 Å². The van der Waals surface area contributed by atoms with Gasteiger partial charge < -0.3 is 15.0 Å². The second kappa shape index (κ2) is 6.71. The summed E-state index contributed by atoms with van der Waals surface area (Å²) in [5.74, 6) is -0.366. The Morgan fingerprint density at radius 3 is 2.62 bits per heavy atom. The lowest BCUT2D eigenvalue weighted by Crippen LogP contribution is -2.46. The number of carbonyl (C=O) groups excluding carboxylic acids is 1. The molecule has 0 spiro atoms. The fourth-order valence-corrected chi connectivity index (χ4v) is 2.09. The smallest absolute Gasteiger partial charge is 0.287 e. The van der Waals surface area contributed by atoms with E-state index in [1.807, 2.05) is 27.7 Å². The Hall–Kier alpha value is -1.89. The lowest BCUT2D eigenvalue weighted by molar-refractivity contribution is -0.384. The van der Waals surface area contributed by atoms with Gasteiger partial charge in [-0.25, -0.2) is 0 Å². The second-order valence-electron chi connectivity index (χ2n) is 5.68. The summed E-state index contributed by atoms with van der Waals surface area (Å²) >= 11 is 0. The molecule has 0 aromatic carbocycles. The third kappa shape index (κ3) is 4.04. The molecule has 7 nitrogen and oxygen atoms in total. The van der Waals surface area contributed by atoms with E-state index in [4.69, 9.17) is 5.11 Å². The molecule has 0 aliphatic carbocycles. The Kier molecular flexibility index (Phi) is 5.48. The summed E-state index contributed by atoms with van der Waals surface area (Å²) in [6.45, 7) is 7.44. The summed E-state index contributed by atoms with van der Waals surface area (Å²) in [7, 11) is 0. The van der Waals surface area contributed by atoms with Crippen LogP contribution in [0.5, 0.6) is 0 Å². The zero-order valence-electron chi connectivity index (χ0n) is 12.9. The van der Waals surface area contributed by atoms with Gasteiger partial charge in [-0.05, 0) is 33.6 Å². The van der Waals surface area contributed by atoms with Crippen LogP contribution in [0.1, 0.15) is 57.1 Å². The van der Waals surface area contributed by atoms with E-state index in [0.717, 1.165) is 0 Å². The van der Waals surface area contributed by atoms with Gasteiger partial charge >= 0.3 is 0 Å². The number of hydrogen-bond donors (Lipinski definition) is 2. The highest BCUT2D eigenvalue weighted by Gasteiger charge is 2.27. The topological polar surface area (TPSA) is 97.4 Å². The molecular weight excluding hydrogens is 274 g/mol. The van der Waals surface area contributed by atoms with Crippen LogP contribution in [0, 0.1) is 10.1 Å². The first kappa shape index (κ1) is 17.2. The van der Waals surface area contributed by atoms with Crippen molar-refractivity contribution in [2.24, 2.45) is 0 Å². The molecule has 118 valence electrons. The number of rotatable bonds is 7. The summed E-state index contributed by atoms with van der Waals surface area (Å²) in [6, 6.07) is 1.22. The molecule has 1 atom stereocenters. The van der Waals surface area contributed by atoms with Gasteiger partial charge in [0.05, 0.1) is 11.1 Å².